The lowest BCUT2D eigenvalue weighted by molar-refractivity contribution is -0.161. The summed E-state index contributed by atoms with van der Waals surface area (Å²) in [6, 6.07) is -2.25. The van der Waals surface area contributed by atoms with Crippen LogP contribution in [0.15, 0.2) is 10.5 Å². The summed E-state index contributed by atoms with van der Waals surface area (Å²) in [5.74, 6) is -3.66. The minimum Gasteiger partial charge on any atom is -0.478 e. The van der Waals surface area contributed by atoms with E-state index in [1.54, 1.807) is 0 Å². The van der Waals surface area contributed by atoms with Gasteiger partial charge in [-0.1, -0.05) is 5.16 Å². The number of primary amides is 1. The molecule has 0 bridgehead atoms. The van der Waals surface area contributed by atoms with Gasteiger partial charge in [-0.3, -0.25) is 14.4 Å². The second-order valence-electron chi connectivity index (χ2n) is 5.76. The summed E-state index contributed by atoms with van der Waals surface area (Å²) in [4.78, 5) is 55.1. The number of thiazole rings is 1. The van der Waals surface area contributed by atoms with Crippen molar-refractivity contribution in [2.45, 2.75) is 31.5 Å². The second-order valence-corrected chi connectivity index (χ2v) is 6.65. The zero-order valence-corrected chi connectivity index (χ0v) is 14.5. The standard InChI is InChI=1S/C13H16N6O6S/c1-13(2,11(23)24)25-19-5(4-3-26-12(15)16-4)9(21)18-7-6(8(14)20)17-10(7)22/h3,6-7H,1-2H3,(H2,14,20)(H2,15,16)(H,17,22)(H,18,21)(H,23,24)/t6-,7-/m0/s1. The molecule has 2 atom stereocenters. The molecule has 12 nitrogen and oxygen atoms in total. The Morgan fingerprint density at radius 3 is 2.58 bits per heavy atom. The first kappa shape index (κ1) is 19.1. The SMILES string of the molecule is CC(C)(ON=C(C(=O)N[C@@H]1C(=O)N[C@@H]1C(N)=O)c1csc(N)n1)C(=O)O. The number of anilines is 1. The number of carboxylic acids is 1. The van der Waals surface area contributed by atoms with Crippen LogP contribution >= 0.6 is 11.3 Å². The van der Waals surface area contributed by atoms with Gasteiger partial charge in [0.05, 0.1) is 0 Å². The highest BCUT2D eigenvalue weighted by Crippen LogP contribution is 2.16. The van der Waals surface area contributed by atoms with E-state index < -0.39 is 47.1 Å². The number of carbonyl (C=O) groups excluding carboxylic acids is 3. The van der Waals surface area contributed by atoms with Gasteiger partial charge < -0.3 is 32.0 Å². The number of hydrogen-bond donors (Lipinski definition) is 5. The number of β-lactam (4-membered cyclic amide) rings is 1. The molecule has 0 aromatic carbocycles. The topological polar surface area (TPSA) is 199 Å². The molecule has 2 rings (SSSR count). The monoisotopic (exact) mass is 384 g/mol. The van der Waals surface area contributed by atoms with Crippen molar-refractivity contribution in [2.75, 3.05) is 5.73 Å². The molecule has 1 saturated heterocycles. The number of carboxylic acid groups (broad SMARTS) is 1. The Bertz CT molecular complexity index is 803. The fraction of sp³-hybridized carbons (Fsp3) is 0.385. The third kappa shape index (κ3) is 3.88. The van der Waals surface area contributed by atoms with Gasteiger partial charge >= 0.3 is 5.97 Å². The summed E-state index contributed by atoms with van der Waals surface area (Å²) in [7, 11) is 0. The number of amides is 3. The lowest BCUT2D eigenvalue weighted by Crippen LogP contribution is -2.73. The van der Waals surface area contributed by atoms with Crippen molar-refractivity contribution in [2.24, 2.45) is 10.9 Å². The molecule has 13 heteroatoms. The summed E-state index contributed by atoms with van der Waals surface area (Å²) in [6.45, 7) is 2.46. The number of aliphatic carboxylic acids is 1. The Hall–Kier alpha value is -3.22. The third-order valence-corrected chi connectivity index (χ3v) is 4.04. The van der Waals surface area contributed by atoms with E-state index in [0.717, 1.165) is 11.3 Å². The van der Waals surface area contributed by atoms with Crippen molar-refractivity contribution in [3.63, 3.8) is 0 Å². The first-order chi connectivity index (χ1) is 12.0. The Balaban J connectivity index is 2.26. The van der Waals surface area contributed by atoms with Crippen molar-refractivity contribution in [3.8, 4) is 0 Å². The summed E-state index contributed by atoms with van der Waals surface area (Å²) < 4.78 is 0. The van der Waals surface area contributed by atoms with Crippen LogP contribution < -0.4 is 22.1 Å². The lowest BCUT2D eigenvalue weighted by atomic mass is 9.98. The van der Waals surface area contributed by atoms with E-state index in [1.165, 1.54) is 19.2 Å². The molecule has 0 saturated carbocycles. The average molecular weight is 384 g/mol. The van der Waals surface area contributed by atoms with Crippen LogP contribution in [0.4, 0.5) is 5.13 Å². The van der Waals surface area contributed by atoms with Gasteiger partial charge in [-0.15, -0.1) is 11.3 Å². The Labute approximate surface area is 150 Å². The number of aromatic nitrogens is 1. The third-order valence-electron chi connectivity index (χ3n) is 3.37. The molecule has 1 aromatic rings. The maximum Gasteiger partial charge on any atom is 0.350 e. The van der Waals surface area contributed by atoms with Crippen molar-refractivity contribution in [1.29, 1.82) is 0 Å². The minimum atomic E-state index is -1.73. The van der Waals surface area contributed by atoms with Gasteiger partial charge in [-0.2, -0.15) is 0 Å². The number of nitrogen functional groups attached to an aromatic ring is 1. The van der Waals surface area contributed by atoms with Gasteiger partial charge in [-0.25, -0.2) is 9.78 Å². The number of rotatable bonds is 7. The highest BCUT2D eigenvalue weighted by Gasteiger charge is 2.44. The predicted molar refractivity (Wildman–Crippen MR) is 88.9 cm³/mol. The van der Waals surface area contributed by atoms with Crippen molar-refractivity contribution in [3.05, 3.63) is 11.1 Å². The molecule has 3 amide bonds. The number of carbonyl (C=O) groups is 4. The molecule has 7 N–H and O–H groups in total. The zero-order chi connectivity index (χ0) is 19.6. The Morgan fingerprint density at radius 2 is 2.12 bits per heavy atom. The molecule has 1 fully saturated rings. The molecule has 0 spiro atoms. The summed E-state index contributed by atoms with van der Waals surface area (Å²) >= 11 is 1.01. The number of nitrogens with zero attached hydrogens (tertiary/aromatic N) is 2. The molecular formula is C13H16N6O6S. The number of nitrogens with one attached hydrogen (secondary N) is 2. The molecule has 0 unspecified atom stereocenters. The highest BCUT2D eigenvalue weighted by molar-refractivity contribution is 7.13. The van der Waals surface area contributed by atoms with Crippen LogP contribution in [0.25, 0.3) is 0 Å². The fourth-order valence-electron chi connectivity index (χ4n) is 1.78. The van der Waals surface area contributed by atoms with Crippen LogP contribution in [0.1, 0.15) is 19.5 Å². The zero-order valence-electron chi connectivity index (χ0n) is 13.7. The van der Waals surface area contributed by atoms with E-state index in [1.807, 2.05) is 0 Å². The largest absolute Gasteiger partial charge is 0.478 e. The number of oxime groups is 1. The molecule has 1 aliphatic heterocycles. The predicted octanol–water partition coefficient (Wildman–Crippen LogP) is -2.22. The minimum absolute atomic E-state index is 0.0153. The summed E-state index contributed by atoms with van der Waals surface area (Å²) in [5, 5.41) is 18.7. The van der Waals surface area contributed by atoms with E-state index in [0.29, 0.717) is 0 Å². The van der Waals surface area contributed by atoms with Crippen molar-refractivity contribution in [1.82, 2.24) is 15.6 Å². The van der Waals surface area contributed by atoms with Gasteiger partial charge in [0.15, 0.2) is 10.8 Å². The van der Waals surface area contributed by atoms with Crippen LogP contribution in [0.5, 0.6) is 0 Å². The van der Waals surface area contributed by atoms with Crippen LogP contribution in [0, 0.1) is 0 Å². The van der Waals surface area contributed by atoms with Crippen LogP contribution in [-0.4, -0.2) is 57.2 Å². The lowest BCUT2D eigenvalue weighted by Gasteiger charge is -2.34. The average Bonchev–Trinajstić information content (AvgIpc) is 2.96. The summed E-state index contributed by atoms with van der Waals surface area (Å²) in [5.41, 5.74) is 8.53. The first-order valence-corrected chi connectivity index (χ1v) is 8.02. The molecule has 26 heavy (non-hydrogen) atoms. The van der Waals surface area contributed by atoms with Crippen LogP contribution in [-0.2, 0) is 24.0 Å². The Morgan fingerprint density at radius 1 is 1.46 bits per heavy atom. The van der Waals surface area contributed by atoms with E-state index in [9.17, 15) is 19.2 Å². The molecule has 140 valence electrons. The molecule has 2 heterocycles. The normalized spacial score (nSPS) is 19.9. The maximum atomic E-state index is 12.5. The van der Waals surface area contributed by atoms with Crippen molar-refractivity contribution < 1.29 is 29.1 Å². The maximum absolute atomic E-state index is 12.5. The molecule has 0 aliphatic carbocycles. The van der Waals surface area contributed by atoms with E-state index in [2.05, 4.69) is 20.8 Å². The molecule has 1 aromatic heterocycles. The smallest absolute Gasteiger partial charge is 0.350 e. The summed E-state index contributed by atoms with van der Waals surface area (Å²) in [6.07, 6.45) is 0. The van der Waals surface area contributed by atoms with Gasteiger partial charge in [0.2, 0.25) is 17.4 Å². The van der Waals surface area contributed by atoms with Gasteiger partial charge in [0.1, 0.15) is 17.8 Å². The van der Waals surface area contributed by atoms with Gasteiger partial charge in [-0.05, 0) is 13.8 Å². The van der Waals surface area contributed by atoms with E-state index in [4.69, 9.17) is 21.4 Å². The van der Waals surface area contributed by atoms with Crippen LogP contribution in [0.3, 0.4) is 0 Å². The van der Waals surface area contributed by atoms with E-state index >= 15 is 0 Å². The van der Waals surface area contributed by atoms with Gasteiger partial charge in [0.25, 0.3) is 5.91 Å². The fourth-order valence-corrected chi connectivity index (χ4v) is 2.32. The van der Waals surface area contributed by atoms with Gasteiger partial charge in [0, 0.05) is 5.38 Å². The Kier molecular flexibility index (Phi) is 5.11. The number of nitrogens with two attached hydrogens (primary N) is 2. The first-order valence-electron chi connectivity index (χ1n) is 7.14. The quantitative estimate of drug-likeness (QED) is 0.198. The second kappa shape index (κ2) is 6.95. The molecule has 0 radical (unpaired) electrons. The number of hydrogen-bond acceptors (Lipinski definition) is 9. The van der Waals surface area contributed by atoms with E-state index in [-0.39, 0.29) is 10.8 Å². The molecule has 1 aliphatic rings. The molecular weight excluding hydrogens is 368 g/mol. The van der Waals surface area contributed by atoms with Crippen LogP contribution in [0.2, 0.25) is 0 Å². The highest BCUT2D eigenvalue weighted by atomic mass is 32.1. The van der Waals surface area contributed by atoms with Crippen molar-refractivity contribution >= 4 is 45.9 Å².